The zero-order valence-corrected chi connectivity index (χ0v) is 20.1. The second-order valence-corrected chi connectivity index (χ2v) is 9.69. The van der Waals surface area contributed by atoms with E-state index in [9.17, 15) is 0 Å². The smallest absolute Gasteiger partial charge is 0.158 e. The molecule has 0 unspecified atom stereocenters. The summed E-state index contributed by atoms with van der Waals surface area (Å²) in [6.07, 6.45) is 9.70. The van der Waals surface area contributed by atoms with Crippen molar-refractivity contribution in [3.05, 3.63) is 47.9 Å². The van der Waals surface area contributed by atoms with Crippen LogP contribution in [-0.4, -0.2) is 58.8 Å². The lowest BCUT2D eigenvalue weighted by atomic mass is 9.94. The maximum absolute atomic E-state index is 4.77. The third-order valence-electron chi connectivity index (χ3n) is 6.80. The van der Waals surface area contributed by atoms with Crippen LogP contribution in [-0.2, 0) is 0 Å². The highest BCUT2D eigenvalue weighted by Gasteiger charge is 2.25. The summed E-state index contributed by atoms with van der Waals surface area (Å²) >= 11 is 0. The molecule has 0 bridgehead atoms. The number of rotatable bonds is 5. The van der Waals surface area contributed by atoms with Crippen LogP contribution in [0.4, 0.5) is 0 Å². The molecule has 0 atom stereocenters. The Labute approximate surface area is 194 Å². The van der Waals surface area contributed by atoms with Gasteiger partial charge in [-0.05, 0) is 64.3 Å². The van der Waals surface area contributed by atoms with Gasteiger partial charge in [-0.1, -0.05) is 13.8 Å². The zero-order chi connectivity index (χ0) is 23.1. The van der Waals surface area contributed by atoms with E-state index in [-0.39, 0.29) is 5.92 Å². The van der Waals surface area contributed by atoms with Crippen LogP contribution in [0.3, 0.4) is 0 Å². The number of nitrogens with zero attached hydrogens (tertiary/aromatic N) is 7. The molecule has 0 saturated carbocycles. The first-order valence-corrected chi connectivity index (χ1v) is 11.9. The monoisotopic (exact) mass is 444 g/mol. The largest absolute Gasteiger partial charge is 0.301 e. The van der Waals surface area contributed by atoms with Crippen LogP contribution in [0.15, 0.2) is 31.0 Å². The Kier molecular flexibility index (Phi) is 5.70. The molecule has 8 heteroatoms. The molecule has 5 rings (SSSR count). The van der Waals surface area contributed by atoms with Gasteiger partial charge in [0, 0.05) is 47.2 Å². The van der Waals surface area contributed by atoms with Crippen molar-refractivity contribution in [1.82, 2.24) is 39.7 Å². The zero-order valence-electron chi connectivity index (χ0n) is 20.1. The molecule has 4 aromatic heterocycles. The number of piperidine rings is 1. The summed E-state index contributed by atoms with van der Waals surface area (Å²) in [5.41, 5.74) is 7.02. The number of pyridine rings is 1. The average molecular weight is 445 g/mol. The summed E-state index contributed by atoms with van der Waals surface area (Å²) in [5.74, 6) is 1.67. The highest BCUT2D eigenvalue weighted by atomic mass is 15.3. The predicted octanol–water partition coefficient (Wildman–Crippen LogP) is 4.60. The number of likely N-dealkylation sites (tertiary alicyclic amines) is 1. The number of nitrogens with one attached hydrogen (secondary N) is 1. The van der Waals surface area contributed by atoms with Crippen LogP contribution < -0.4 is 0 Å². The molecule has 1 fully saturated rings. The number of aryl methyl sites for hydroxylation is 1. The van der Waals surface area contributed by atoms with Crippen LogP contribution in [0, 0.1) is 6.92 Å². The molecule has 1 aliphatic rings. The minimum atomic E-state index is 0.278. The van der Waals surface area contributed by atoms with Gasteiger partial charge in [0.2, 0.25) is 0 Å². The van der Waals surface area contributed by atoms with Crippen molar-refractivity contribution < 1.29 is 0 Å². The highest BCUT2D eigenvalue weighted by molar-refractivity contribution is 5.75. The minimum Gasteiger partial charge on any atom is -0.301 e. The summed E-state index contributed by atoms with van der Waals surface area (Å²) in [6, 6.07) is 2.74. The van der Waals surface area contributed by atoms with Gasteiger partial charge in [0.25, 0.3) is 0 Å². The Morgan fingerprint density at radius 2 is 1.73 bits per heavy atom. The van der Waals surface area contributed by atoms with E-state index in [0.29, 0.717) is 12.0 Å². The Morgan fingerprint density at radius 3 is 2.39 bits per heavy atom. The maximum Gasteiger partial charge on any atom is 0.158 e. The fourth-order valence-corrected chi connectivity index (χ4v) is 4.93. The molecule has 0 aromatic carbocycles. The van der Waals surface area contributed by atoms with E-state index < -0.39 is 0 Å². The molecule has 172 valence electrons. The summed E-state index contributed by atoms with van der Waals surface area (Å²) in [6.45, 7) is 13.2. The van der Waals surface area contributed by atoms with Crippen LogP contribution in [0.1, 0.15) is 69.3 Å². The molecule has 1 saturated heterocycles. The van der Waals surface area contributed by atoms with Crippen molar-refractivity contribution in [2.75, 3.05) is 13.1 Å². The van der Waals surface area contributed by atoms with E-state index in [4.69, 9.17) is 15.1 Å². The van der Waals surface area contributed by atoms with Gasteiger partial charge in [-0.2, -0.15) is 10.2 Å². The Morgan fingerprint density at radius 1 is 1.00 bits per heavy atom. The van der Waals surface area contributed by atoms with Crippen molar-refractivity contribution in [2.45, 2.75) is 65.3 Å². The second kappa shape index (κ2) is 8.67. The molecule has 5 heterocycles. The summed E-state index contributed by atoms with van der Waals surface area (Å²) in [4.78, 5) is 16.4. The number of hydrogen-bond acceptors (Lipinski definition) is 6. The lowest BCUT2D eigenvalue weighted by Crippen LogP contribution is -2.38. The molecular formula is C25H32N8. The molecule has 4 aromatic rings. The van der Waals surface area contributed by atoms with Crippen molar-refractivity contribution in [3.63, 3.8) is 0 Å². The molecule has 1 aliphatic heterocycles. The molecule has 0 aliphatic carbocycles. The van der Waals surface area contributed by atoms with E-state index in [1.165, 1.54) is 0 Å². The lowest BCUT2D eigenvalue weighted by Gasteiger charge is -2.33. The first-order valence-electron chi connectivity index (χ1n) is 11.9. The van der Waals surface area contributed by atoms with Gasteiger partial charge < -0.3 is 4.90 Å². The highest BCUT2D eigenvalue weighted by Crippen LogP contribution is 2.36. The predicted molar refractivity (Wildman–Crippen MR) is 129 cm³/mol. The standard InChI is InChI=1S/C25H32N8/c1-15(2)21-22(19-10-17(5)25-28-14-29-33(25)13-19)30-31-23(21)20-11-26-24(27-12-20)18-6-8-32(9-7-18)16(3)4/h10-16,18H,6-9H2,1-5H3,(H,30,31). The summed E-state index contributed by atoms with van der Waals surface area (Å²) < 4.78 is 1.82. The fourth-order valence-electron chi connectivity index (χ4n) is 4.93. The van der Waals surface area contributed by atoms with Gasteiger partial charge in [-0.3, -0.25) is 5.10 Å². The van der Waals surface area contributed by atoms with Gasteiger partial charge in [-0.15, -0.1) is 0 Å². The number of aromatic nitrogens is 7. The fraction of sp³-hybridized carbons (Fsp3) is 0.480. The van der Waals surface area contributed by atoms with Crippen molar-refractivity contribution in [3.8, 4) is 22.5 Å². The molecular weight excluding hydrogens is 412 g/mol. The maximum atomic E-state index is 4.77. The van der Waals surface area contributed by atoms with Crippen LogP contribution >= 0.6 is 0 Å². The lowest BCUT2D eigenvalue weighted by molar-refractivity contribution is 0.169. The summed E-state index contributed by atoms with van der Waals surface area (Å²) in [5, 5.41) is 12.3. The number of aromatic amines is 1. The molecule has 1 N–H and O–H groups in total. The van der Waals surface area contributed by atoms with E-state index in [2.05, 4.69) is 60.8 Å². The van der Waals surface area contributed by atoms with Gasteiger partial charge in [0.15, 0.2) is 5.65 Å². The van der Waals surface area contributed by atoms with Crippen molar-refractivity contribution >= 4 is 5.65 Å². The molecule has 0 amide bonds. The van der Waals surface area contributed by atoms with Crippen LogP contribution in [0.25, 0.3) is 28.2 Å². The quantitative estimate of drug-likeness (QED) is 0.484. The topological polar surface area (TPSA) is 87.9 Å². The van der Waals surface area contributed by atoms with Gasteiger partial charge >= 0.3 is 0 Å². The minimum absolute atomic E-state index is 0.278. The Balaban J connectivity index is 1.44. The first kappa shape index (κ1) is 21.7. The van der Waals surface area contributed by atoms with E-state index in [0.717, 1.165) is 71.0 Å². The van der Waals surface area contributed by atoms with Gasteiger partial charge in [0.1, 0.15) is 12.2 Å². The van der Waals surface area contributed by atoms with Crippen LogP contribution in [0.2, 0.25) is 0 Å². The number of H-pyrrole nitrogens is 1. The van der Waals surface area contributed by atoms with E-state index in [1.54, 1.807) is 6.33 Å². The molecule has 33 heavy (non-hydrogen) atoms. The van der Waals surface area contributed by atoms with Gasteiger partial charge in [0.05, 0.1) is 11.4 Å². The number of hydrogen-bond donors (Lipinski definition) is 1. The first-order chi connectivity index (χ1) is 15.9. The summed E-state index contributed by atoms with van der Waals surface area (Å²) in [7, 11) is 0. The molecule has 0 radical (unpaired) electrons. The van der Waals surface area contributed by atoms with Crippen molar-refractivity contribution in [1.29, 1.82) is 0 Å². The third kappa shape index (κ3) is 4.04. The Bertz CT molecular complexity index is 1240. The van der Waals surface area contributed by atoms with Gasteiger partial charge in [-0.25, -0.2) is 19.5 Å². The normalized spacial score (nSPS) is 15.8. The van der Waals surface area contributed by atoms with E-state index >= 15 is 0 Å². The average Bonchev–Trinajstić information content (AvgIpc) is 3.47. The SMILES string of the molecule is Cc1cc(-c2[nH]nc(-c3cnc(C4CCN(C(C)C)CC4)nc3)c2C(C)C)cn2ncnc12. The third-order valence-corrected chi connectivity index (χ3v) is 6.80. The number of fused-ring (bicyclic) bond motifs is 1. The second-order valence-electron chi connectivity index (χ2n) is 9.69. The van der Waals surface area contributed by atoms with Crippen molar-refractivity contribution in [2.24, 2.45) is 0 Å². The van der Waals surface area contributed by atoms with E-state index in [1.807, 2.05) is 23.1 Å². The molecule has 0 spiro atoms. The Hall–Kier alpha value is -3.13. The molecule has 8 nitrogen and oxygen atoms in total. The van der Waals surface area contributed by atoms with Crippen LogP contribution in [0.5, 0.6) is 0 Å².